The van der Waals surface area contributed by atoms with Crippen LogP contribution in [0.1, 0.15) is 16.7 Å². The first-order valence-electron chi connectivity index (χ1n) is 4.42. The number of aromatic nitrogens is 2. The fraction of sp³-hybridized carbons (Fsp3) is 0.333. The van der Waals surface area contributed by atoms with E-state index < -0.39 is 0 Å². The first kappa shape index (κ1) is 9.36. The Labute approximate surface area is 85.8 Å². The first-order valence-corrected chi connectivity index (χ1v) is 5.30. The molecule has 2 heterocycles. The average molecular weight is 209 g/mol. The Bertz CT molecular complexity index is 382. The van der Waals surface area contributed by atoms with Crippen LogP contribution in [0.2, 0.25) is 0 Å². The van der Waals surface area contributed by atoms with Gasteiger partial charge in [-0.15, -0.1) is 21.5 Å². The fourth-order valence-corrected chi connectivity index (χ4v) is 1.84. The molecule has 0 atom stereocenters. The maximum Gasteiger partial charge on any atom is 0.221 e. The summed E-state index contributed by atoms with van der Waals surface area (Å²) in [7, 11) is 0. The van der Waals surface area contributed by atoms with Gasteiger partial charge in [0.15, 0.2) is 0 Å². The van der Waals surface area contributed by atoms with Crippen molar-refractivity contribution in [2.24, 2.45) is 5.73 Å². The largest absolute Gasteiger partial charge is 0.425 e. The summed E-state index contributed by atoms with van der Waals surface area (Å²) in [4.78, 5) is 1.23. The third-order valence-electron chi connectivity index (χ3n) is 1.77. The highest BCUT2D eigenvalue weighted by Crippen LogP contribution is 2.13. The van der Waals surface area contributed by atoms with E-state index in [9.17, 15) is 0 Å². The molecule has 4 nitrogen and oxygen atoms in total. The molecule has 0 saturated carbocycles. The normalized spacial score (nSPS) is 10.6. The van der Waals surface area contributed by atoms with Crippen LogP contribution in [0.25, 0.3) is 0 Å². The van der Waals surface area contributed by atoms with Crippen molar-refractivity contribution in [1.82, 2.24) is 10.2 Å². The van der Waals surface area contributed by atoms with Gasteiger partial charge in [0.05, 0.1) is 6.42 Å². The molecule has 5 heteroatoms. The summed E-state index contributed by atoms with van der Waals surface area (Å²) in [5.41, 5.74) is 5.38. The van der Waals surface area contributed by atoms with Gasteiger partial charge in [-0.3, -0.25) is 0 Å². The first-order chi connectivity index (χ1) is 6.88. The van der Waals surface area contributed by atoms with E-state index in [0.29, 0.717) is 24.7 Å². The van der Waals surface area contributed by atoms with Crippen LogP contribution in [0.5, 0.6) is 0 Å². The summed E-state index contributed by atoms with van der Waals surface area (Å²) in [5, 5.41) is 9.87. The predicted octanol–water partition coefficient (Wildman–Crippen LogP) is 1.22. The van der Waals surface area contributed by atoms with Crippen molar-refractivity contribution in [2.75, 3.05) is 6.54 Å². The van der Waals surface area contributed by atoms with Crippen molar-refractivity contribution in [1.29, 1.82) is 0 Å². The lowest BCUT2D eigenvalue weighted by Gasteiger charge is -1.89. The molecule has 2 rings (SSSR count). The Morgan fingerprint density at radius 1 is 1.36 bits per heavy atom. The van der Waals surface area contributed by atoms with Crippen molar-refractivity contribution < 1.29 is 4.42 Å². The van der Waals surface area contributed by atoms with Gasteiger partial charge in [-0.2, -0.15) is 0 Å². The van der Waals surface area contributed by atoms with Crippen LogP contribution in [-0.4, -0.2) is 16.7 Å². The molecule has 2 N–H and O–H groups in total. The van der Waals surface area contributed by atoms with Crippen molar-refractivity contribution in [3.05, 3.63) is 34.2 Å². The number of rotatable bonds is 4. The molecule has 0 aromatic carbocycles. The van der Waals surface area contributed by atoms with E-state index >= 15 is 0 Å². The zero-order valence-corrected chi connectivity index (χ0v) is 8.46. The van der Waals surface area contributed by atoms with Crippen LogP contribution >= 0.6 is 11.3 Å². The lowest BCUT2D eigenvalue weighted by atomic mass is 10.3. The minimum Gasteiger partial charge on any atom is -0.425 e. The van der Waals surface area contributed by atoms with E-state index in [1.807, 2.05) is 11.4 Å². The average Bonchev–Trinajstić information content (AvgIpc) is 2.79. The lowest BCUT2D eigenvalue weighted by Crippen LogP contribution is -2.02. The quantitative estimate of drug-likeness (QED) is 0.822. The van der Waals surface area contributed by atoms with Gasteiger partial charge >= 0.3 is 0 Å². The molecular weight excluding hydrogens is 198 g/mol. The molecule has 0 bridgehead atoms. The van der Waals surface area contributed by atoms with Crippen LogP contribution in [0.15, 0.2) is 21.9 Å². The summed E-state index contributed by atoms with van der Waals surface area (Å²) in [6.07, 6.45) is 1.37. The molecule has 0 radical (unpaired) electrons. The van der Waals surface area contributed by atoms with Crippen LogP contribution in [-0.2, 0) is 12.8 Å². The Morgan fingerprint density at radius 2 is 2.21 bits per heavy atom. The second-order valence-electron chi connectivity index (χ2n) is 2.88. The van der Waals surface area contributed by atoms with Crippen LogP contribution in [0.4, 0.5) is 0 Å². The number of thiophene rings is 1. The Hall–Kier alpha value is -1.20. The van der Waals surface area contributed by atoms with Crippen molar-refractivity contribution in [2.45, 2.75) is 12.8 Å². The SMILES string of the molecule is NCCc1nnc(Cc2cccs2)o1. The van der Waals surface area contributed by atoms with Crippen molar-refractivity contribution in [3.8, 4) is 0 Å². The Kier molecular flexibility index (Phi) is 2.90. The smallest absolute Gasteiger partial charge is 0.221 e. The molecule has 74 valence electrons. The molecule has 0 saturated heterocycles. The zero-order chi connectivity index (χ0) is 9.80. The summed E-state index contributed by atoms with van der Waals surface area (Å²) >= 11 is 1.69. The number of hydrogen-bond donors (Lipinski definition) is 1. The van der Waals surface area contributed by atoms with Gasteiger partial charge < -0.3 is 10.2 Å². The van der Waals surface area contributed by atoms with E-state index in [-0.39, 0.29) is 0 Å². The number of nitrogens with two attached hydrogens (primary N) is 1. The van der Waals surface area contributed by atoms with E-state index in [1.54, 1.807) is 11.3 Å². The summed E-state index contributed by atoms with van der Waals surface area (Å²) in [6, 6.07) is 4.06. The van der Waals surface area contributed by atoms with Crippen molar-refractivity contribution >= 4 is 11.3 Å². The molecular formula is C9H11N3OS. The monoisotopic (exact) mass is 209 g/mol. The highest BCUT2D eigenvalue weighted by molar-refractivity contribution is 7.09. The Balaban J connectivity index is 2.03. The molecule has 0 spiro atoms. The molecule has 2 aromatic heterocycles. The molecule has 2 aromatic rings. The van der Waals surface area contributed by atoms with Gasteiger partial charge in [0.25, 0.3) is 0 Å². The van der Waals surface area contributed by atoms with Crippen LogP contribution < -0.4 is 5.73 Å². The van der Waals surface area contributed by atoms with Gasteiger partial charge in [-0.05, 0) is 11.4 Å². The second-order valence-corrected chi connectivity index (χ2v) is 3.92. The topological polar surface area (TPSA) is 64.9 Å². The predicted molar refractivity (Wildman–Crippen MR) is 54.2 cm³/mol. The molecule has 0 fully saturated rings. The van der Waals surface area contributed by atoms with E-state index in [0.717, 1.165) is 6.42 Å². The lowest BCUT2D eigenvalue weighted by molar-refractivity contribution is 0.459. The maximum atomic E-state index is 5.40. The van der Waals surface area contributed by atoms with E-state index in [2.05, 4.69) is 16.3 Å². The third-order valence-corrected chi connectivity index (χ3v) is 2.65. The summed E-state index contributed by atoms with van der Waals surface area (Å²) < 4.78 is 5.40. The third kappa shape index (κ3) is 2.18. The second kappa shape index (κ2) is 4.34. The van der Waals surface area contributed by atoms with Crippen LogP contribution in [0.3, 0.4) is 0 Å². The van der Waals surface area contributed by atoms with Crippen molar-refractivity contribution in [3.63, 3.8) is 0 Å². The van der Waals surface area contributed by atoms with E-state index in [4.69, 9.17) is 10.2 Å². The van der Waals surface area contributed by atoms with Gasteiger partial charge in [0, 0.05) is 17.8 Å². The van der Waals surface area contributed by atoms with Gasteiger partial charge in [0.1, 0.15) is 0 Å². The van der Waals surface area contributed by atoms with Crippen LogP contribution in [0, 0.1) is 0 Å². The van der Waals surface area contributed by atoms with Gasteiger partial charge in [-0.1, -0.05) is 6.07 Å². The maximum absolute atomic E-state index is 5.40. The molecule has 0 unspecified atom stereocenters. The molecule has 14 heavy (non-hydrogen) atoms. The molecule has 0 aliphatic rings. The van der Waals surface area contributed by atoms with Gasteiger partial charge in [-0.25, -0.2) is 0 Å². The highest BCUT2D eigenvalue weighted by atomic mass is 32.1. The van der Waals surface area contributed by atoms with E-state index in [1.165, 1.54) is 4.88 Å². The molecule has 0 aliphatic carbocycles. The summed E-state index contributed by atoms with van der Waals surface area (Å²) in [6.45, 7) is 0.542. The highest BCUT2D eigenvalue weighted by Gasteiger charge is 2.06. The standard InChI is InChI=1S/C9H11N3OS/c10-4-3-8-11-12-9(13-8)6-7-2-1-5-14-7/h1-2,5H,3-4,6,10H2. The minimum absolute atomic E-state index is 0.542. The molecule has 0 amide bonds. The minimum atomic E-state index is 0.542. The van der Waals surface area contributed by atoms with Gasteiger partial charge in [0.2, 0.25) is 11.8 Å². The fourth-order valence-electron chi connectivity index (χ4n) is 1.15. The summed E-state index contributed by atoms with van der Waals surface area (Å²) in [5.74, 6) is 1.29. The number of hydrogen-bond acceptors (Lipinski definition) is 5. The Morgan fingerprint density at radius 3 is 2.93 bits per heavy atom. The zero-order valence-electron chi connectivity index (χ0n) is 7.64. The molecule has 0 aliphatic heterocycles. The number of nitrogens with zero attached hydrogens (tertiary/aromatic N) is 2.